The molecule has 0 fully saturated rings. The minimum absolute atomic E-state index is 0.195. The van der Waals surface area contributed by atoms with Gasteiger partial charge in [-0.25, -0.2) is 13.4 Å². The summed E-state index contributed by atoms with van der Waals surface area (Å²) in [6.07, 6.45) is 0. The molecule has 1 aromatic heterocycles. The first-order valence-corrected chi connectivity index (χ1v) is 12.1. The Morgan fingerprint density at radius 3 is 2.48 bits per heavy atom. The van der Waals surface area contributed by atoms with E-state index >= 15 is 0 Å². The number of rotatable bonds is 6. The van der Waals surface area contributed by atoms with Crippen molar-refractivity contribution in [2.24, 2.45) is 0 Å². The molecule has 0 atom stereocenters. The summed E-state index contributed by atoms with van der Waals surface area (Å²) in [6, 6.07) is 18.3. The van der Waals surface area contributed by atoms with Gasteiger partial charge in [0, 0.05) is 21.0 Å². The Morgan fingerprint density at radius 1 is 1.09 bits per heavy atom. The summed E-state index contributed by atoms with van der Waals surface area (Å²) in [5.74, 6) is 0.0252. The maximum Gasteiger partial charge on any atom is 0.272 e. The van der Waals surface area contributed by atoms with Crippen molar-refractivity contribution in [1.29, 1.82) is 0 Å². The van der Waals surface area contributed by atoms with E-state index in [-0.39, 0.29) is 11.3 Å². The Labute approximate surface area is 201 Å². The molecule has 4 aromatic rings. The summed E-state index contributed by atoms with van der Waals surface area (Å²) in [5, 5.41) is 1.81. The summed E-state index contributed by atoms with van der Waals surface area (Å²) in [7, 11) is -4.08. The molecular weight excluding hydrogens is 481 g/mol. The molecule has 0 unspecified atom stereocenters. The van der Waals surface area contributed by atoms with Crippen molar-refractivity contribution in [3.63, 3.8) is 0 Å². The maximum atomic E-state index is 13.4. The van der Waals surface area contributed by atoms with Gasteiger partial charge in [0.1, 0.15) is 5.82 Å². The minimum atomic E-state index is -4.08. The maximum absolute atomic E-state index is 13.4. The molecule has 0 N–H and O–H groups in total. The van der Waals surface area contributed by atoms with Crippen LogP contribution in [0.2, 0.25) is 10.0 Å². The predicted octanol–water partition coefficient (Wildman–Crippen LogP) is 5.82. The zero-order valence-corrected chi connectivity index (χ0v) is 19.9. The molecule has 168 valence electrons. The Balaban J connectivity index is 1.80. The number of benzene rings is 3. The third-order valence-corrected chi connectivity index (χ3v) is 7.06. The number of amides is 1. The number of hydrogen-bond donors (Lipinski definition) is 0. The quantitative estimate of drug-likeness (QED) is 0.335. The minimum Gasteiger partial charge on any atom is -0.324 e. The van der Waals surface area contributed by atoms with E-state index in [0.717, 1.165) is 21.1 Å². The van der Waals surface area contributed by atoms with Crippen LogP contribution in [0.3, 0.4) is 0 Å². The summed E-state index contributed by atoms with van der Waals surface area (Å²) in [5.41, 5.74) is 2.60. The monoisotopic (exact) mass is 499 g/mol. The fourth-order valence-corrected chi connectivity index (χ4v) is 4.90. The summed E-state index contributed by atoms with van der Waals surface area (Å²) in [4.78, 5) is 18.0. The number of carbonyl (C=O) groups is 1. The van der Waals surface area contributed by atoms with E-state index in [1.807, 2.05) is 17.6 Å². The average Bonchev–Trinajstić information content (AvgIpc) is 3.10. The SMILES string of the molecule is C=CS(=O)(=O)N(C(=O)c1ccc2nc(C)n(Cc3ccc(Cl)cc3Cl)c2c1)c1ccccc1. The van der Waals surface area contributed by atoms with Crippen LogP contribution < -0.4 is 4.31 Å². The van der Waals surface area contributed by atoms with Gasteiger partial charge in [0.2, 0.25) is 0 Å². The first kappa shape index (κ1) is 23.0. The molecule has 4 rings (SSSR count). The molecule has 33 heavy (non-hydrogen) atoms. The van der Waals surface area contributed by atoms with Crippen molar-refractivity contribution in [1.82, 2.24) is 9.55 Å². The molecule has 3 aromatic carbocycles. The van der Waals surface area contributed by atoms with Crippen LogP contribution in [0, 0.1) is 6.92 Å². The van der Waals surface area contributed by atoms with Gasteiger partial charge < -0.3 is 4.57 Å². The number of imidazole rings is 1. The molecule has 0 bridgehead atoms. The number of carbonyl (C=O) groups excluding carboxylic acids is 1. The average molecular weight is 500 g/mol. The smallest absolute Gasteiger partial charge is 0.272 e. The molecule has 1 amide bonds. The Morgan fingerprint density at radius 2 is 1.82 bits per heavy atom. The second-order valence-corrected chi connectivity index (χ2v) is 9.87. The number of anilines is 1. The summed E-state index contributed by atoms with van der Waals surface area (Å²) < 4.78 is 28.1. The Kier molecular flexibility index (Phi) is 6.30. The number of para-hydroxylation sites is 1. The lowest BCUT2D eigenvalue weighted by Crippen LogP contribution is -2.35. The van der Waals surface area contributed by atoms with E-state index < -0.39 is 15.9 Å². The van der Waals surface area contributed by atoms with Crippen LogP contribution >= 0.6 is 23.2 Å². The van der Waals surface area contributed by atoms with Gasteiger partial charge in [-0.05, 0) is 55.0 Å². The Hall–Kier alpha value is -3.13. The molecule has 1 heterocycles. The molecule has 0 aliphatic carbocycles. The highest BCUT2D eigenvalue weighted by atomic mass is 35.5. The van der Waals surface area contributed by atoms with Crippen LogP contribution in [-0.4, -0.2) is 23.9 Å². The van der Waals surface area contributed by atoms with Gasteiger partial charge in [0.15, 0.2) is 0 Å². The summed E-state index contributed by atoms with van der Waals surface area (Å²) >= 11 is 12.4. The van der Waals surface area contributed by atoms with Crippen molar-refractivity contribution in [2.45, 2.75) is 13.5 Å². The van der Waals surface area contributed by atoms with E-state index in [1.54, 1.807) is 60.7 Å². The first-order valence-electron chi connectivity index (χ1n) is 9.89. The van der Waals surface area contributed by atoms with Gasteiger partial charge in [-0.3, -0.25) is 4.79 Å². The normalized spacial score (nSPS) is 11.5. The van der Waals surface area contributed by atoms with E-state index in [0.29, 0.717) is 27.6 Å². The second kappa shape index (κ2) is 9.02. The van der Waals surface area contributed by atoms with Crippen molar-refractivity contribution in [3.8, 4) is 0 Å². The van der Waals surface area contributed by atoms with Gasteiger partial charge in [-0.1, -0.05) is 54.0 Å². The lowest BCUT2D eigenvalue weighted by Gasteiger charge is -2.20. The van der Waals surface area contributed by atoms with Crippen LogP contribution in [0.5, 0.6) is 0 Å². The second-order valence-electron chi connectivity index (χ2n) is 7.30. The van der Waals surface area contributed by atoms with Gasteiger partial charge in [0.05, 0.1) is 23.3 Å². The number of aromatic nitrogens is 2. The predicted molar refractivity (Wildman–Crippen MR) is 132 cm³/mol. The molecule has 0 saturated heterocycles. The van der Waals surface area contributed by atoms with E-state index in [4.69, 9.17) is 23.2 Å². The highest BCUT2D eigenvalue weighted by Gasteiger charge is 2.28. The fraction of sp³-hybridized carbons (Fsp3) is 0.0833. The van der Waals surface area contributed by atoms with Crippen LogP contribution in [0.4, 0.5) is 5.69 Å². The fourth-order valence-electron chi connectivity index (χ4n) is 3.53. The van der Waals surface area contributed by atoms with Crippen molar-refractivity contribution in [2.75, 3.05) is 4.31 Å². The first-order chi connectivity index (χ1) is 15.7. The third-order valence-electron chi connectivity index (χ3n) is 5.17. The molecule has 0 aliphatic rings. The Bertz CT molecular complexity index is 1480. The highest BCUT2D eigenvalue weighted by molar-refractivity contribution is 7.96. The molecule has 0 spiro atoms. The van der Waals surface area contributed by atoms with Crippen molar-refractivity contribution >= 4 is 55.9 Å². The van der Waals surface area contributed by atoms with E-state index in [1.165, 1.54) is 0 Å². The molecule has 0 saturated carbocycles. The molecule has 9 heteroatoms. The zero-order chi connectivity index (χ0) is 23.8. The van der Waals surface area contributed by atoms with Crippen LogP contribution in [0.1, 0.15) is 21.7 Å². The molecule has 0 radical (unpaired) electrons. The summed E-state index contributed by atoms with van der Waals surface area (Å²) in [6.45, 7) is 5.62. The van der Waals surface area contributed by atoms with Crippen molar-refractivity contribution < 1.29 is 13.2 Å². The highest BCUT2D eigenvalue weighted by Crippen LogP contribution is 2.27. The van der Waals surface area contributed by atoms with E-state index in [9.17, 15) is 13.2 Å². The van der Waals surface area contributed by atoms with E-state index in [2.05, 4.69) is 11.6 Å². The van der Waals surface area contributed by atoms with Crippen LogP contribution in [-0.2, 0) is 16.6 Å². The molecule has 6 nitrogen and oxygen atoms in total. The standard InChI is InChI=1S/C24H19Cl2N3O3S/c1-3-33(31,32)29(20-7-5-4-6-8-20)24(30)17-10-12-22-23(13-17)28(16(2)27-22)15-18-9-11-19(25)14-21(18)26/h3-14H,1,15H2,2H3. The number of fused-ring (bicyclic) bond motifs is 1. The van der Waals surface area contributed by atoms with Crippen LogP contribution in [0.25, 0.3) is 11.0 Å². The molecule has 0 aliphatic heterocycles. The number of aryl methyl sites for hydroxylation is 1. The van der Waals surface area contributed by atoms with Gasteiger partial charge in [-0.2, -0.15) is 4.31 Å². The molecular formula is C24H19Cl2N3O3S. The largest absolute Gasteiger partial charge is 0.324 e. The number of nitrogens with zero attached hydrogens (tertiary/aromatic N) is 3. The van der Waals surface area contributed by atoms with Crippen molar-refractivity contribution in [3.05, 3.63) is 106 Å². The number of sulfonamides is 1. The van der Waals surface area contributed by atoms with Gasteiger partial charge in [-0.15, -0.1) is 0 Å². The zero-order valence-electron chi connectivity index (χ0n) is 17.6. The topological polar surface area (TPSA) is 72.3 Å². The van der Waals surface area contributed by atoms with Gasteiger partial charge >= 0.3 is 0 Å². The third kappa shape index (κ3) is 4.53. The lowest BCUT2D eigenvalue weighted by molar-refractivity contribution is 0.101. The lowest BCUT2D eigenvalue weighted by atomic mass is 10.1. The number of halogens is 2. The number of hydrogen-bond acceptors (Lipinski definition) is 4. The van der Waals surface area contributed by atoms with Crippen LogP contribution in [0.15, 0.2) is 78.7 Å². The van der Waals surface area contributed by atoms with Gasteiger partial charge in [0.25, 0.3) is 15.9 Å².